The molecule has 7 heteroatoms. The summed E-state index contributed by atoms with van der Waals surface area (Å²) < 4.78 is 6.06. The summed E-state index contributed by atoms with van der Waals surface area (Å²) in [7, 11) is 0. The molecule has 7 nitrogen and oxygen atoms in total. The maximum atomic E-state index is 11.9. The van der Waals surface area contributed by atoms with Gasteiger partial charge in [-0.15, -0.1) is 0 Å². The summed E-state index contributed by atoms with van der Waals surface area (Å²) in [6.45, 7) is 1.72. The van der Waals surface area contributed by atoms with Gasteiger partial charge < -0.3 is 9.84 Å². The van der Waals surface area contributed by atoms with Gasteiger partial charge in [-0.1, -0.05) is 60.4 Å². The number of fused-ring (bicyclic) bond motifs is 1. The minimum absolute atomic E-state index is 0.0778. The number of nitrogens with zero attached hydrogens (tertiary/aromatic N) is 2. The Morgan fingerprint density at radius 1 is 1.03 bits per heavy atom. The van der Waals surface area contributed by atoms with Gasteiger partial charge in [-0.2, -0.15) is 0 Å². The normalized spacial score (nSPS) is 10.3. The Balaban J connectivity index is 1.97. The van der Waals surface area contributed by atoms with Gasteiger partial charge in [-0.25, -0.2) is 9.78 Å². The maximum absolute atomic E-state index is 11.9. The van der Waals surface area contributed by atoms with Gasteiger partial charge in [-0.3, -0.25) is 10.1 Å². The van der Waals surface area contributed by atoms with Crippen LogP contribution in [0.15, 0.2) is 72.8 Å². The lowest BCUT2D eigenvalue weighted by Gasteiger charge is -2.15. The summed E-state index contributed by atoms with van der Waals surface area (Å²) in [5.74, 6) is 5.00. The lowest BCUT2D eigenvalue weighted by atomic mass is 10.0. The third-order valence-electron chi connectivity index (χ3n) is 5.04. The van der Waals surface area contributed by atoms with Gasteiger partial charge in [0.25, 0.3) is 5.69 Å². The molecule has 4 aromatic rings. The van der Waals surface area contributed by atoms with Gasteiger partial charge in [0, 0.05) is 22.8 Å². The Hall–Kier alpha value is -4.70. The van der Waals surface area contributed by atoms with E-state index >= 15 is 0 Å². The molecule has 1 aromatic heterocycles. The van der Waals surface area contributed by atoms with E-state index in [0.717, 1.165) is 11.1 Å². The number of non-ortho nitro benzene ring substituents is 1. The van der Waals surface area contributed by atoms with Gasteiger partial charge in [0.05, 0.1) is 10.3 Å². The molecular weight excluding hydrogens is 420 g/mol. The molecule has 0 aliphatic rings. The van der Waals surface area contributed by atoms with E-state index in [0.29, 0.717) is 10.9 Å². The maximum Gasteiger partial charge on any atom is 0.354 e. The van der Waals surface area contributed by atoms with Crippen molar-refractivity contribution >= 4 is 22.6 Å². The van der Waals surface area contributed by atoms with Crippen molar-refractivity contribution in [3.63, 3.8) is 0 Å². The Morgan fingerprint density at radius 2 is 1.70 bits per heavy atom. The first kappa shape index (κ1) is 21.5. The van der Waals surface area contributed by atoms with Crippen molar-refractivity contribution in [3.05, 3.63) is 111 Å². The molecule has 0 saturated heterocycles. The molecule has 1 heterocycles. The van der Waals surface area contributed by atoms with E-state index in [4.69, 9.17) is 4.74 Å². The number of aromatic carboxylic acids is 1. The molecule has 4 rings (SSSR count). The van der Waals surface area contributed by atoms with Crippen LogP contribution in [0.5, 0.6) is 5.75 Å². The first-order valence-electron chi connectivity index (χ1n) is 10.0. The second-order valence-corrected chi connectivity index (χ2v) is 7.22. The quantitative estimate of drug-likeness (QED) is 0.263. The third kappa shape index (κ3) is 4.50. The Labute approximate surface area is 189 Å². The zero-order valence-corrected chi connectivity index (χ0v) is 17.6. The van der Waals surface area contributed by atoms with Crippen LogP contribution in [-0.2, 0) is 6.61 Å². The van der Waals surface area contributed by atoms with Crippen LogP contribution < -0.4 is 4.74 Å². The second-order valence-electron chi connectivity index (χ2n) is 7.22. The molecule has 33 heavy (non-hydrogen) atoms. The molecule has 3 aromatic carbocycles. The molecule has 0 aliphatic heterocycles. The number of aromatic nitrogens is 1. The topological polar surface area (TPSA) is 103 Å². The van der Waals surface area contributed by atoms with Crippen LogP contribution in [0.3, 0.4) is 0 Å². The van der Waals surface area contributed by atoms with E-state index in [9.17, 15) is 20.0 Å². The number of carboxylic acids is 1. The number of nitro benzene ring substituents is 1. The summed E-state index contributed by atoms with van der Waals surface area (Å²) in [4.78, 5) is 27.1. The predicted octanol–water partition coefficient (Wildman–Crippen LogP) is 5.13. The van der Waals surface area contributed by atoms with Crippen LogP contribution in [0.2, 0.25) is 0 Å². The van der Waals surface area contributed by atoms with Gasteiger partial charge in [0.1, 0.15) is 12.4 Å². The molecule has 0 atom stereocenters. The van der Waals surface area contributed by atoms with E-state index in [1.54, 1.807) is 6.92 Å². The van der Waals surface area contributed by atoms with Crippen molar-refractivity contribution in [2.24, 2.45) is 0 Å². The molecule has 0 fully saturated rings. The molecule has 0 aliphatic carbocycles. The highest BCUT2D eigenvalue weighted by Crippen LogP contribution is 2.37. The van der Waals surface area contributed by atoms with E-state index in [2.05, 4.69) is 16.8 Å². The largest absolute Gasteiger partial charge is 0.488 e. The summed E-state index contributed by atoms with van der Waals surface area (Å²) in [5.41, 5.74) is 1.66. The van der Waals surface area contributed by atoms with Crippen molar-refractivity contribution in [2.75, 3.05) is 0 Å². The summed E-state index contributed by atoms with van der Waals surface area (Å²) in [6, 6.07) is 21.4. The van der Waals surface area contributed by atoms with Gasteiger partial charge in [0.15, 0.2) is 11.2 Å². The standard InChI is InChI=1S/C26H18N2O5/c1-17-23(26(29)30)27-24-21(28(31)32)15-14-20(13-12-18-8-4-2-5-9-18)22(24)25(17)33-16-19-10-6-3-7-11-19/h2-11,14-15H,16H2,1H3,(H,29,30). The average Bonchev–Trinajstić information content (AvgIpc) is 2.82. The Kier molecular flexibility index (Phi) is 6.00. The summed E-state index contributed by atoms with van der Waals surface area (Å²) in [5, 5.41) is 21.7. The predicted molar refractivity (Wildman–Crippen MR) is 123 cm³/mol. The van der Waals surface area contributed by atoms with E-state index in [1.165, 1.54) is 12.1 Å². The number of rotatable bonds is 5. The van der Waals surface area contributed by atoms with Crippen LogP contribution in [0, 0.1) is 28.9 Å². The highest BCUT2D eigenvalue weighted by molar-refractivity contribution is 6.01. The number of nitro groups is 1. The Bertz CT molecular complexity index is 1420. The number of hydrogen-bond acceptors (Lipinski definition) is 5. The fourth-order valence-electron chi connectivity index (χ4n) is 3.44. The number of ether oxygens (including phenoxy) is 1. The fourth-order valence-corrected chi connectivity index (χ4v) is 3.44. The number of carbonyl (C=O) groups is 1. The monoisotopic (exact) mass is 438 g/mol. The van der Waals surface area contributed by atoms with E-state index in [1.807, 2.05) is 60.7 Å². The number of carboxylic acid groups (broad SMARTS) is 1. The zero-order valence-electron chi connectivity index (χ0n) is 17.6. The van der Waals surface area contributed by atoms with E-state index < -0.39 is 10.9 Å². The van der Waals surface area contributed by atoms with Crippen LogP contribution >= 0.6 is 0 Å². The number of hydrogen-bond donors (Lipinski definition) is 1. The molecule has 0 amide bonds. The average molecular weight is 438 g/mol. The highest BCUT2D eigenvalue weighted by Gasteiger charge is 2.25. The highest BCUT2D eigenvalue weighted by atomic mass is 16.6. The summed E-state index contributed by atoms with van der Waals surface area (Å²) in [6.07, 6.45) is 0. The molecule has 162 valence electrons. The molecule has 0 unspecified atom stereocenters. The number of pyridine rings is 1. The molecule has 0 saturated carbocycles. The molecule has 1 N–H and O–H groups in total. The second kappa shape index (κ2) is 9.20. The zero-order chi connectivity index (χ0) is 23.4. The molecular formula is C26H18N2O5. The van der Waals surface area contributed by atoms with Gasteiger partial charge in [-0.05, 0) is 30.7 Å². The van der Waals surface area contributed by atoms with Crippen molar-refractivity contribution < 1.29 is 19.6 Å². The minimum Gasteiger partial charge on any atom is -0.488 e. The summed E-state index contributed by atoms with van der Waals surface area (Å²) >= 11 is 0. The smallest absolute Gasteiger partial charge is 0.354 e. The van der Waals surface area contributed by atoms with Crippen molar-refractivity contribution in [2.45, 2.75) is 13.5 Å². The third-order valence-corrected chi connectivity index (χ3v) is 5.04. The minimum atomic E-state index is -1.30. The van der Waals surface area contributed by atoms with Crippen molar-refractivity contribution in [3.8, 4) is 17.6 Å². The van der Waals surface area contributed by atoms with Crippen molar-refractivity contribution in [1.82, 2.24) is 4.98 Å². The molecule has 0 spiro atoms. The number of benzene rings is 3. The van der Waals surface area contributed by atoms with Crippen LogP contribution in [0.25, 0.3) is 10.9 Å². The van der Waals surface area contributed by atoms with E-state index in [-0.39, 0.29) is 34.8 Å². The van der Waals surface area contributed by atoms with Crippen molar-refractivity contribution in [1.29, 1.82) is 0 Å². The first-order chi connectivity index (χ1) is 16.0. The van der Waals surface area contributed by atoms with Gasteiger partial charge in [0.2, 0.25) is 0 Å². The van der Waals surface area contributed by atoms with Crippen LogP contribution in [-0.4, -0.2) is 21.0 Å². The lowest BCUT2D eigenvalue weighted by molar-refractivity contribution is -0.383. The first-order valence-corrected chi connectivity index (χ1v) is 10.0. The molecule has 0 radical (unpaired) electrons. The molecule has 0 bridgehead atoms. The van der Waals surface area contributed by atoms with Crippen LogP contribution in [0.4, 0.5) is 5.69 Å². The fraction of sp³-hybridized carbons (Fsp3) is 0.0769. The SMILES string of the molecule is Cc1c(C(=O)O)nc2c([N+](=O)[O-])ccc(C#Cc3ccccc3)c2c1OCc1ccccc1. The van der Waals surface area contributed by atoms with Gasteiger partial charge >= 0.3 is 5.97 Å². The lowest BCUT2D eigenvalue weighted by Crippen LogP contribution is -2.09. The Morgan fingerprint density at radius 3 is 2.33 bits per heavy atom. The van der Waals surface area contributed by atoms with Crippen LogP contribution in [0.1, 0.15) is 32.7 Å².